The molecule has 28 heavy (non-hydrogen) atoms. The number of carbonyl (C=O) groups is 1. The molecule has 2 atom stereocenters. The van der Waals surface area contributed by atoms with Gasteiger partial charge < -0.3 is 19.5 Å². The summed E-state index contributed by atoms with van der Waals surface area (Å²) in [5.41, 5.74) is 0. The number of amides is 1. The predicted molar refractivity (Wildman–Crippen MR) is 99.0 cm³/mol. The lowest BCUT2D eigenvalue weighted by Gasteiger charge is -2.35. The number of aromatic nitrogens is 1. The number of halogens is 3. The third kappa shape index (κ3) is 5.67. The van der Waals surface area contributed by atoms with Crippen molar-refractivity contribution < 1.29 is 27.8 Å². The second kappa shape index (κ2) is 8.78. The van der Waals surface area contributed by atoms with Crippen LogP contribution in [-0.2, 0) is 9.53 Å². The van der Waals surface area contributed by atoms with Crippen LogP contribution in [0.25, 0.3) is 0 Å². The molecule has 0 bridgehead atoms. The van der Waals surface area contributed by atoms with Crippen molar-refractivity contribution in [1.29, 1.82) is 0 Å². The molecule has 9 heteroatoms. The highest BCUT2D eigenvalue weighted by Crippen LogP contribution is 2.49. The van der Waals surface area contributed by atoms with E-state index in [4.69, 9.17) is 25.8 Å². The van der Waals surface area contributed by atoms with E-state index in [0.29, 0.717) is 24.9 Å². The molecule has 6 nitrogen and oxygen atoms in total. The molecule has 156 valence electrons. The lowest BCUT2D eigenvalue weighted by atomic mass is 9.83. The van der Waals surface area contributed by atoms with E-state index in [-0.39, 0.29) is 42.0 Å². The molecule has 1 amide bonds. The van der Waals surface area contributed by atoms with Gasteiger partial charge in [-0.2, -0.15) is 0 Å². The van der Waals surface area contributed by atoms with Crippen LogP contribution in [0.1, 0.15) is 33.1 Å². The van der Waals surface area contributed by atoms with Crippen molar-refractivity contribution in [2.75, 3.05) is 19.8 Å². The summed E-state index contributed by atoms with van der Waals surface area (Å²) in [6, 6.07) is 1.52. The molecule has 3 rings (SSSR count). The van der Waals surface area contributed by atoms with Crippen LogP contribution in [0.2, 0.25) is 5.02 Å². The Labute approximate surface area is 167 Å². The zero-order valence-electron chi connectivity index (χ0n) is 15.9. The number of rotatable bonds is 10. The number of hydrogen-bond acceptors (Lipinski definition) is 5. The van der Waals surface area contributed by atoms with Crippen molar-refractivity contribution in [3.8, 4) is 11.6 Å². The van der Waals surface area contributed by atoms with Gasteiger partial charge in [0, 0.05) is 31.6 Å². The topological polar surface area (TPSA) is 69.7 Å². The molecule has 1 aromatic rings. The first-order valence-electron chi connectivity index (χ1n) is 9.41. The molecule has 0 spiro atoms. The van der Waals surface area contributed by atoms with E-state index in [1.54, 1.807) is 6.07 Å². The lowest BCUT2D eigenvalue weighted by Crippen LogP contribution is -2.40. The summed E-state index contributed by atoms with van der Waals surface area (Å²) in [5.74, 6) is -2.57. The molecule has 0 aromatic carbocycles. The molecular weight excluding hydrogens is 394 g/mol. The van der Waals surface area contributed by atoms with E-state index in [1.165, 1.54) is 13.1 Å². The summed E-state index contributed by atoms with van der Waals surface area (Å²) in [4.78, 5) is 15.1. The highest BCUT2D eigenvalue weighted by molar-refractivity contribution is 6.33. The molecular formula is C19H25ClF2N2O4. The van der Waals surface area contributed by atoms with Crippen molar-refractivity contribution in [3.63, 3.8) is 0 Å². The SMILES string of the molecule is CC(=O)N[C@@H](C)COC1CC(COc2nccc(OCC3CC3(F)F)c2Cl)C1. The number of pyridine rings is 1. The average molecular weight is 419 g/mol. The number of carbonyl (C=O) groups excluding carboxylic acids is 1. The number of ether oxygens (including phenoxy) is 3. The zero-order chi connectivity index (χ0) is 20.3. The first-order valence-corrected chi connectivity index (χ1v) is 9.79. The Morgan fingerprint density at radius 2 is 2.11 bits per heavy atom. The highest BCUT2D eigenvalue weighted by atomic mass is 35.5. The van der Waals surface area contributed by atoms with Gasteiger partial charge in [-0.1, -0.05) is 11.6 Å². The first-order chi connectivity index (χ1) is 13.2. The highest BCUT2D eigenvalue weighted by Gasteiger charge is 2.57. The van der Waals surface area contributed by atoms with Gasteiger partial charge in [0.05, 0.1) is 31.8 Å². The molecule has 0 radical (unpaired) electrons. The number of alkyl halides is 2. The molecule has 1 N–H and O–H groups in total. The molecule has 2 fully saturated rings. The Balaban J connectivity index is 1.36. The number of nitrogens with zero attached hydrogens (tertiary/aromatic N) is 1. The maximum atomic E-state index is 12.9. The quantitative estimate of drug-likeness (QED) is 0.630. The van der Waals surface area contributed by atoms with Gasteiger partial charge in [0.1, 0.15) is 10.8 Å². The standard InChI is InChI=1S/C19H25ClF2N2O4/c1-11(24-12(2)25)8-26-15-5-13(6-15)9-28-18-17(20)16(3-4-23-18)27-10-14-7-19(14,21)22/h3-4,11,13-15H,5-10H2,1-2H3,(H,24,25)/t11-,13?,14?,15?/m0/s1. The summed E-state index contributed by atoms with van der Waals surface area (Å²) in [5, 5.41) is 2.97. The van der Waals surface area contributed by atoms with Crippen LogP contribution in [0.3, 0.4) is 0 Å². The van der Waals surface area contributed by atoms with E-state index in [2.05, 4.69) is 10.3 Å². The first kappa shape index (κ1) is 21.0. The Bertz CT molecular complexity index is 701. The van der Waals surface area contributed by atoms with Gasteiger partial charge in [-0.3, -0.25) is 4.79 Å². The molecule has 0 aliphatic heterocycles. The van der Waals surface area contributed by atoms with Crippen LogP contribution in [-0.4, -0.2) is 48.8 Å². The van der Waals surface area contributed by atoms with Crippen LogP contribution in [0.5, 0.6) is 11.6 Å². The third-order valence-electron chi connectivity index (χ3n) is 4.90. The summed E-state index contributed by atoms with van der Waals surface area (Å²) >= 11 is 6.22. The number of nitrogens with one attached hydrogen (secondary N) is 1. The second-order valence-electron chi connectivity index (χ2n) is 7.61. The second-order valence-corrected chi connectivity index (χ2v) is 7.98. The summed E-state index contributed by atoms with van der Waals surface area (Å²) in [6.45, 7) is 4.22. The predicted octanol–water partition coefficient (Wildman–Crippen LogP) is 3.47. The minimum Gasteiger partial charge on any atom is -0.491 e. The molecule has 2 saturated carbocycles. The van der Waals surface area contributed by atoms with Gasteiger partial charge in [-0.05, 0) is 25.7 Å². The number of hydrogen-bond donors (Lipinski definition) is 1. The van der Waals surface area contributed by atoms with E-state index < -0.39 is 11.8 Å². The average Bonchev–Trinajstić information content (AvgIpc) is 3.19. The summed E-state index contributed by atoms with van der Waals surface area (Å²) in [6.07, 6.45) is 3.21. The fourth-order valence-corrected chi connectivity index (χ4v) is 3.29. The smallest absolute Gasteiger partial charge is 0.255 e. The minimum atomic E-state index is -2.62. The zero-order valence-corrected chi connectivity index (χ0v) is 16.7. The van der Waals surface area contributed by atoms with Crippen molar-refractivity contribution in [3.05, 3.63) is 17.3 Å². The maximum Gasteiger partial charge on any atom is 0.255 e. The van der Waals surface area contributed by atoms with E-state index in [1.807, 2.05) is 6.92 Å². The van der Waals surface area contributed by atoms with Crippen LogP contribution >= 0.6 is 11.6 Å². The molecule has 1 unspecified atom stereocenters. The van der Waals surface area contributed by atoms with Crippen molar-refractivity contribution >= 4 is 17.5 Å². The van der Waals surface area contributed by atoms with E-state index >= 15 is 0 Å². The van der Waals surface area contributed by atoms with E-state index in [0.717, 1.165) is 12.8 Å². The maximum absolute atomic E-state index is 12.9. The molecule has 1 aromatic heterocycles. The van der Waals surface area contributed by atoms with Gasteiger partial charge in [0.15, 0.2) is 0 Å². The van der Waals surface area contributed by atoms with Gasteiger partial charge in [-0.15, -0.1) is 0 Å². The Hall–Kier alpha value is -1.67. The lowest BCUT2D eigenvalue weighted by molar-refractivity contribution is -0.120. The van der Waals surface area contributed by atoms with E-state index in [9.17, 15) is 13.6 Å². The largest absolute Gasteiger partial charge is 0.491 e. The van der Waals surface area contributed by atoms with Crippen molar-refractivity contribution in [1.82, 2.24) is 10.3 Å². The normalized spacial score (nSPS) is 26.1. The Morgan fingerprint density at radius 3 is 2.75 bits per heavy atom. The minimum absolute atomic E-state index is 0.0193. The van der Waals surface area contributed by atoms with Gasteiger partial charge >= 0.3 is 0 Å². The fourth-order valence-electron chi connectivity index (χ4n) is 3.07. The summed E-state index contributed by atoms with van der Waals surface area (Å²) in [7, 11) is 0. The van der Waals surface area contributed by atoms with Crippen molar-refractivity contribution in [2.24, 2.45) is 11.8 Å². The van der Waals surface area contributed by atoms with Crippen LogP contribution < -0.4 is 14.8 Å². The molecule has 1 heterocycles. The Kier molecular flexibility index (Phi) is 6.60. The summed E-state index contributed by atoms with van der Waals surface area (Å²) < 4.78 is 42.7. The monoisotopic (exact) mass is 418 g/mol. The van der Waals surface area contributed by atoms with Gasteiger partial charge in [0.2, 0.25) is 11.8 Å². The third-order valence-corrected chi connectivity index (χ3v) is 5.25. The van der Waals surface area contributed by atoms with Crippen LogP contribution in [0.4, 0.5) is 8.78 Å². The molecule has 0 saturated heterocycles. The van der Waals surface area contributed by atoms with Crippen LogP contribution in [0.15, 0.2) is 12.3 Å². The molecule has 2 aliphatic carbocycles. The van der Waals surface area contributed by atoms with Gasteiger partial charge in [-0.25, -0.2) is 13.8 Å². The van der Waals surface area contributed by atoms with Crippen molar-refractivity contribution in [2.45, 2.75) is 51.2 Å². The molecule has 2 aliphatic rings. The fraction of sp³-hybridized carbons (Fsp3) is 0.684. The van der Waals surface area contributed by atoms with Crippen LogP contribution in [0, 0.1) is 11.8 Å². The van der Waals surface area contributed by atoms with Gasteiger partial charge in [0.25, 0.3) is 5.92 Å². The Morgan fingerprint density at radius 1 is 1.39 bits per heavy atom.